The molecule has 1 atom stereocenters. The Balaban J connectivity index is 1.85. The zero-order valence-corrected chi connectivity index (χ0v) is 12.2. The zero-order chi connectivity index (χ0) is 14.7. The van der Waals surface area contributed by atoms with Gasteiger partial charge in [-0.15, -0.1) is 10.2 Å². The van der Waals surface area contributed by atoms with E-state index in [0.717, 1.165) is 29.3 Å². The second-order valence-electron chi connectivity index (χ2n) is 4.97. The van der Waals surface area contributed by atoms with Crippen molar-refractivity contribution in [2.45, 2.75) is 19.4 Å². The van der Waals surface area contributed by atoms with Gasteiger partial charge in [0, 0.05) is 18.3 Å². The average Bonchev–Trinajstić information content (AvgIpc) is 3.16. The van der Waals surface area contributed by atoms with Gasteiger partial charge < -0.3 is 14.3 Å². The number of hydrogen-bond donors (Lipinski definition) is 1. The zero-order valence-electron chi connectivity index (χ0n) is 12.2. The monoisotopic (exact) mass is 282 g/mol. The van der Waals surface area contributed by atoms with Crippen molar-refractivity contribution in [1.29, 1.82) is 0 Å². The summed E-state index contributed by atoms with van der Waals surface area (Å²) < 4.78 is 7.40. The molecule has 108 valence electrons. The van der Waals surface area contributed by atoms with Crippen LogP contribution in [0.3, 0.4) is 0 Å². The molecule has 3 rings (SSSR count). The maximum absolute atomic E-state index is 5.49. The molecule has 1 aromatic carbocycles. The van der Waals surface area contributed by atoms with E-state index in [2.05, 4.69) is 28.5 Å². The summed E-state index contributed by atoms with van der Waals surface area (Å²) in [6, 6.07) is 12.2. The van der Waals surface area contributed by atoms with Crippen molar-refractivity contribution in [3.63, 3.8) is 0 Å². The largest absolute Gasteiger partial charge is 0.467 e. The number of nitrogens with zero attached hydrogens (tertiary/aromatic N) is 3. The standard InChI is InChI=1S/C16H18N4O/c1-3-14(15-8-5-9-21-15)18-13-7-4-6-12(10-13)16-19-17-11-20(16)2/h4-11,14,18H,3H2,1-2H3. The Morgan fingerprint density at radius 1 is 1.29 bits per heavy atom. The minimum absolute atomic E-state index is 0.162. The molecule has 2 heterocycles. The summed E-state index contributed by atoms with van der Waals surface area (Å²) in [5.74, 6) is 1.80. The molecule has 0 amide bonds. The summed E-state index contributed by atoms with van der Waals surface area (Å²) in [7, 11) is 1.94. The Morgan fingerprint density at radius 3 is 2.86 bits per heavy atom. The van der Waals surface area contributed by atoms with Crippen molar-refractivity contribution in [2.24, 2.45) is 7.05 Å². The van der Waals surface area contributed by atoms with E-state index in [1.165, 1.54) is 0 Å². The van der Waals surface area contributed by atoms with E-state index in [1.54, 1.807) is 12.6 Å². The number of aromatic nitrogens is 3. The van der Waals surface area contributed by atoms with E-state index in [0.29, 0.717) is 0 Å². The molecule has 5 nitrogen and oxygen atoms in total. The highest BCUT2D eigenvalue weighted by molar-refractivity contribution is 5.62. The molecule has 1 unspecified atom stereocenters. The predicted octanol–water partition coefficient (Wildman–Crippen LogP) is 3.64. The minimum Gasteiger partial charge on any atom is -0.467 e. The van der Waals surface area contributed by atoms with Gasteiger partial charge in [-0.3, -0.25) is 0 Å². The van der Waals surface area contributed by atoms with Crippen LogP contribution in [0.4, 0.5) is 5.69 Å². The Labute approximate surface area is 123 Å². The molecule has 2 aromatic heterocycles. The molecule has 0 saturated carbocycles. The van der Waals surface area contributed by atoms with Crippen molar-refractivity contribution in [2.75, 3.05) is 5.32 Å². The summed E-state index contributed by atoms with van der Waals surface area (Å²) in [5.41, 5.74) is 2.08. The molecule has 0 bridgehead atoms. The second kappa shape index (κ2) is 5.83. The molecule has 0 radical (unpaired) electrons. The normalized spacial score (nSPS) is 12.3. The molecule has 0 aliphatic heterocycles. The third-order valence-electron chi connectivity index (χ3n) is 3.47. The van der Waals surface area contributed by atoms with E-state index < -0.39 is 0 Å². The van der Waals surface area contributed by atoms with Gasteiger partial charge >= 0.3 is 0 Å². The van der Waals surface area contributed by atoms with Gasteiger partial charge in [-0.1, -0.05) is 19.1 Å². The number of nitrogens with one attached hydrogen (secondary N) is 1. The topological polar surface area (TPSA) is 55.9 Å². The van der Waals surface area contributed by atoms with Crippen LogP contribution in [0, 0.1) is 0 Å². The summed E-state index contributed by atoms with van der Waals surface area (Å²) in [5, 5.41) is 11.6. The summed E-state index contributed by atoms with van der Waals surface area (Å²) >= 11 is 0. The Morgan fingerprint density at radius 2 is 2.19 bits per heavy atom. The van der Waals surface area contributed by atoms with E-state index in [-0.39, 0.29) is 6.04 Å². The molecule has 5 heteroatoms. The van der Waals surface area contributed by atoms with Gasteiger partial charge in [-0.2, -0.15) is 0 Å². The Hall–Kier alpha value is -2.56. The molecule has 1 N–H and O–H groups in total. The maximum atomic E-state index is 5.49. The van der Waals surface area contributed by atoms with Crippen LogP contribution >= 0.6 is 0 Å². The molecule has 21 heavy (non-hydrogen) atoms. The highest BCUT2D eigenvalue weighted by atomic mass is 16.3. The first kappa shape index (κ1) is 13.4. The first-order valence-electron chi connectivity index (χ1n) is 7.02. The van der Waals surface area contributed by atoms with Crippen LogP contribution in [-0.2, 0) is 7.05 Å². The number of hydrogen-bond acceptors (Lipinski definition) is 4. The summed E-state index contributed by atoms with van der Waals surface area (Å²) in [6.45, 7) is 2.13. The lowest BCUT2D eigenvalue weighted by atomic mass is 10.1. The number of benzene rings is 1. The lowest BCUT2D eigenvalue weighted by Crippen LogP contribution is -2.08. The molecular formula is C16H18N4O. The average molecular weight is 282 g/mol. The van der Waals surface area contributed by atoms with Crippen molar-refractivity contribution >= 4 is 5.69 Å². The highest BCUT2D eigenvalue weighted by Gasteiger charge is 2.12. The van der Waals surface area contributed by atoms with Gasteiger partial charge in [0.25, 0.3) is 0 Å². The molecule has 0 fully saturated rings. The molecule has 0 aliphatic rings. The number of furan rings is 1. The molecule has 3 aromatic rings. The first-order chi connectivity index (χ1) is 10.3. The molecule has 0 saturated heterocycles. The van der Waals surface area contributed by atoms with Gasteiger partial charge in [-0.05, 0) is 30.7 Å². The Bertz CT molecular complexity index is 703. The van der Waals surface area contributed by atoms with Crippen LogP contribution in [0.15, 0.2) is 53.4 Å². The van der Waals surface area contributed by atoms with Gasteiger partial charge in [0.15, 0.2) is 5.82 Å². The van der Waals surface area contributed by atoms with Crippen LogP contribution in [0.1, 0.15) is 25.1 Å². The summed E-state index contributed by atoms with van der Waals surface area (Å²) in [6.07, 6.45) is 4.35. The highest BCUT2D eigenvalue weighted by Crippen LogP contribution is 2.26. The fraction of sp³-hybridized carbons (Fsp3) is 0.250. The Kier molecular flexibility index (Phi) is 3.73. The van der Waals surface area contributed by atoms with Crippen molar-refractivity contribution in [3.05, 3.63) is 54.7 Å². The fourth-order valence-electron chi connectivity index (χ4n) is 2.36. The van der Waals surface area contributed by atoms with Crippen LogP contribution in [0.25, 0.3) is 11.4 Å². The second-order valence-corrected chi connectivity index (χ2v) is 4.97. The predicted molar refractivity (Wildman–Crippen MR) is 81.8 cm³/mol. The van der Waals surface area contributed by atoms with Gasteiger partial charge in [0.2, 0.25) is 0 Å². The molecule has 0 aliphatic carbocycles. The molecular weight excluding hydrogens is 264 g/mol. The number of aryl methyl sites for hydroxylation is 1. The van der Waals surface area contributed by atoms with E-state index in [4.69, 9.17) is 4.42 Å². The lowest BCUT2D eigenvalue weighted by molar-refractivity contribution is 0.474. The maximum Gasteiger partial charge on any atom is 0.163 e. The van der Waals surface area contributed by atoms with E-state index >= 15 is 0 Å². The van der Waals surface area contributed by atoms with Gasteiger partial charge in [0.05, 0.1) is 12.3 Å². The van der Waals surface area contributed by atoms with Crippen LogP contribution in [0.2, 0.25) is 0 Å². The number of rotatable bonds is 5. The first-order valence-corrected chi connectivity index (χ1v) is 7.02. The summed E-state index contributed by atoms with van der Waals surface area (Å²) in [4.78, 5) is 0. The third kappa shape index (κ3) is 2.81. The van der Waals surface area contributed by atoms with E-state index in [1.807, 2.05) is 41.9 Å². The smallest absolute Gasteiger partial charge is 0.163 e. The fourth-order valence-corrected chi connectivity index (χ4v) is 2.36. The number of anilines is 1. The van der Waals surface area contributed by atoms with Crippen LogP contribution in [-0.4, -0.2) is 14.8 Å². The van der Waals surface area contributed by atoms with Crippen LogP contribution in [0.5, 0.6) is 0 Å². The van der Waals surface area contributed by atoms with Crippen molar-refractivity contribution in [1.82, 2.24) is 14.8 Å². The quantitative estimate of drug-likeness (QED) is 0.776. The van der Waals surface area contributed by atoms with Crippen molar-refractivity contribution < 1.29 is 4.42 Å². The van der Waals surface area contributed by atoms with Gasteiger partial charge in [-0.25, -0.2) is 0 Å². The third-order valence-corrected chi connectivity index (χ3v) is 3.47. The van der Waals surface area contributed by atoms with Crippen molar-refractivity contribution in [3.8, 4) is 11.4 Å². The van der Waals surface area contributed by atoms with Gasteiger partial charge in [0.1, 0.15) is 12.1 Å². The lowest BCUT2D eigenvalue weighted by Gasteiger charge is -2.16. The molecule has 0 spiro atoms. The minimum atomic E-state index is 0.162. The van der Waals surface area contributed by atoms with Crippen LogP contribution < -0.4 is 5.32 Å². The SMILES string of the molecule is CCC(Nc1cccc(-c2nncn2C)c1)c1ccco1. The van der Waals surface area contributed by atoms with E-state index in [9.17, 15) is 0 Å².